The molecule has 0 radical (unpaired) electrons. The maximum Gasteiger partial charge on any atom is 0.244 e. The van der Waals surface area contributed by atoms with Crippen LogP contribution in [0.5, 0.6) is 11.5 Å². The lowest BCUT2D eigenvalue weighted by atomic mass is 10.0. The minimum absolute atomic E-state index is 0.0483. The van der Waals surface area contributed by atoms with Crippen LogP contribution in [0.25, 0.3) is 0 Å². The van der Waals surface area contributed by atoms with Gasteiger partial charge >= 0.3 is 0 Å². The van der Waals surface area contributed by atoms with Gasteiger partial charge in [0.2, 0.25) is 21.8 Å². The molecule has 4 aromatic carbocycles. The molecular weight excluding hydrogens is 633 g/mol. The number of nitrogens with one attached hydrogen (secondary N) is 1. The number of anilines is 1. The van der Waals surface area contributed by atoms with E-state index in [-0.39, 0.29) is 24.6 Å². The standard InChI is InChI=1S/C34H35Cl2N3O5S/c1-3-20-37-34(41)32(21-25-10-6-4-7-11-25)38(23-26-14-15-27(35)22-31(26)36)33(40)24-39(45(2,42)43)28-16-18-30(19-17-28)44-29-12-8-5-9-13-29/h4-19,22,32H,3,20-21,23-24H2,1-2H3,(H,37,41). The molecule has 4 aromatic rings. The second-order valence-corrected chi connectivity index (χ2v) is 13.2. The molecule has 0 aliphatic heterocycles. The maximum absolute atomic E-state index is 14.2. The van der Waals surface area contributed by atoms with E-state index in [1.54, 1.807) is 54.6 Å². The van der Waals surface area contributed by atoms with Gasteiger partial charge in [-0.15, -0.1) is 0 Å². The van der Waals surface area contributed by atoms with Crippen molar-refractivity contribution in [1.82, 2.24) is 10.2 Å². The highest BCUT2D eigenvalue weighted by Gasteiger charge is 2.33. The summed E-state index contributed by atoms with van der Waals surface area (Å²) in [5, 5.41) is 3.65. The second-order valence-electron chi connectivity index (χ2n) is 10.4. The fourth-order valence-corrected chi connectivity index (χ4v) is 5.99. The van der Waals surface area contributed by atoms with E-state index in [0.717, 1.165) is 16.1 Å². The third kappa shape index (κ3) is 9.72. The van der Waals surface area contributed by atoms with Crippen molar-refractivity contribution in [3.05, 3.63) is 124 Å². The fraction of sp³-hybridized carbons (Fsp3) is 0.235. The summed E-state index contributed by atoms with van der Waals surface area (Å²) in [5.74, 6) is 0.193. The Hall–Kier alpha value is -4.05. The Kier molecular flexibility index (Phi) is 11.9. The predicted octanol–water partition coefficient (Wildman–Crippen LogP) is 6.72. The Morgan fingerprint density at radius 1 is 0.867 bits per heavy atom. The average molecular weight is 669 g/mol. The van der Waals surface area contributed by atoms with Gasteiger partial charge in [-0.1, -0.05) is 84.7 Å². The van der Waals surface area contributed by atoms with Crippen LogP contribution in [0.3, 0.4) is 0 Å². The van der Waals surface area contributed by atoms with E-state index in [2.05, 4.69) is 5.32 Å². The molecule has 0 aromatic heterocycles. The van der Waals surface area contributed by atoms with Crippen molar-refractivity contribution in [3.63, 3.8) is 0 Å². The number of nitrogens with zero attached hydrogens (tertiary/aromatic N) is 2. The highest BCUT2D eigenvalue weighted by atomic mass is 35.5. The number of halogens is 2. The largest absolute Gasteiger partial charge is 0.457 e. The van der Waals surface area contributed by atoms with Crippen molar-refractivity contribution in [2.45, 2.75) is 32.4 Å². The molecule has 4 rings (SSSR count). The molecule has 1 unspecified atom stereocenters. The molecule has 236 valence electrons. The van der Waals surface area contributed by atoms with E-state index in [1.165, 1.54) is 4.90 Å². The first-order valence-corrected chi connectivity index (χ1v) is 17.0. The second kappa shape index (κ2) is 15.8. The lowest BCUT2D eigenvalue weighted by molar-refractivity contribution is -0.140. The zero-order valence-electron chi connectivity index (χ0n) is 25.0. The van der Waals surface area contributed by atoms with Crippen LogP contribution in [0.1, 0.15) is 24.5 Å². The molecular formula is C34H35Cl2N3O5S. The first-order chi connectivity index (χ1) is 21.5. The molecule has 0 heterocycles. The molecule has 8 nitrogen and oxygen atoms in total. The molecule has 0 aliphatic rings. The van der Waals surface area contributed by atoms with Crippen LogP contribution in [-0.2, 0) is 32.6 Å². The van der Waals surface area contributed by atoms with Crippen LogP contribution in [0.4, 0.5) is 5.69 Å². The van der Waals surface area contributed by atoms with E-state index >= 15 is 0 Å². The van der Waals surface area contributed by atoms with Crippen LogP contribution < -0.4 is 14.4 Å². The first-order valence-electron chi connectivity index (χ1n) is 14.4. The SMILES string of the molecule is CCCNC(=O)C(Cc1ccccc1)N(Cc1ccc(Cl)cc1Cl)C(=O)CN(c1ccc(Oc2ccccc2)cc1)S(C)(=O)=O. The van der Waals surface area contributed by atoms with Crippen LogP contribution in [0, 0.1) is 0 Å². The van der Waals surface area contributed by atoms with E-state index in [9.17, 15) is 18.0 Å². The van der Waals surface area contributed by atoms with Crippen LogP contribution >= 0.6 is 23.2 Å². The number of sulfonamides is 1. The molecule has 1 N–H and O–H groups in total. The Bertz CT molecular complexity index is 1690. The van der Waals surface area contributed by atoms with Gasteiger partial charge in [0.05, 0.1) is 11.9 Å². The van der Waals surface area contributed by atoms with Crippen molar-refractivity contribution in [2.24, 2.45) is 0 Å². The molecule has 0 bridgehead atoms. The van der Waals surface area contributed by atoms with Crippen molar-refractivity contribution in [3.8, 4) is 11.5 Å². The highest BCUT2D eigenvalue weighted by molar-refractivity contribution is 7.92. The Morgan fingerprint density at radius 2 is 1.49 bits per heavy atom. The summed E-state index contributed by atoms with van der Waals surface area (Å²) in [4.78, 5) is 29.2. The summed E-state index contributed by atoms with van der Waals surface area (Å²) in [6.07, 6.45) is 1.94. The Morgan fingerprint density at radius 3 is 2.09 bits per heavy atom. The van der Waals surface area contributed by atoms with Crippen molar-refractivity contribution in [2.75, 3.05) is 23.7 Å². The lowest BCUT2D eigenvalue weighted by Crippen LogP contribution is -2.53. The summed E-state index contributed by atoms with van der Waals surface area (Å²) >= 11 is 12.6. The van der Waals surface area contributed by atoms with Crippen LogP contribution in [0.15, 0.2) is 103 Å². The zero-order valence-corrected chi connectivity index (χ0v) is 27.4. The molecule has 2 amide bonds. The third-order valence-corrected chi connectivity index (χ3v) is 8.69. The number of hydrogen-bond donors (Lipinski definition) is 1. The van der Waals surface area contributed by atoms with Crippen molar-refractivity contribution < 1.29 is 22.7 Å². The average Bonchev–Trinajstić information content (AvgIpc) is 3.02. The van der Waals surface area contributed by atoms with Crippen LogP contribution in [-0.4, -0.2) is 50.5 Å². The molecule has 11 heteroatoms. The quantitative estimate of drug-likeness (QED) is 0.161. The van der Waals surface area contributed by atoms with E-state index in [4.69, 9.17) is 27.9 Å². The normalized spacial score (nSPS) is 11.8. The van der Waals surface area contributed by atoms with Gasteiger partial charge in [0.25, 0.3) is 0 Å². The van der Waals surface area contributed by atoms with Crippen LogP contribution in [0.2, 0.25) is 10.0 Å². The molecule has 0 spiro atoms. The van der Waals surface area contributed by atoms with E-state index < -0.39 is 28.5 Å². The molecule has 45 heavy (non-hydrogen) atoms. The summed E-state index contributed by atoms with van der Waals surface area (Å²) in [6.45, 7) is 1.76. The van der Waals surface area contributed by atoms with Gasteiger partial charge in [-0.2, -0.15) is 0 Å². The summed E-state index contributed by atoms with van der Waals surface area (Å²) < 4.78 is 33.0. The van der Waals surface area contributed by atoms with Gasteiger partial charge < -0.3 is 15.0 Å². The van der Waals surface area contributed by atoms with E-state index in [0.29, 0.717) is 40.1 Å². The minimum atomic E-state index is -3.92. The maximum atomic E-state index is 14.2. The fourth-order valence-electron chi connectivity index (χ4n) is 4.67. The van der Waals surface area contributed by atoms with E-state index in [1.807, 2.05) is 55.5 Å². The number of benzene rings is 4. The number of hydrogen-bond acceptors (Lipinski definition) is 5. The first kappa shape index (κ1) is 33.8. The Balaban J connectivity index is 1.69. The zero-order chi connectivity index (χ0) is 32.4. The van der Waals surface area contributed by atoms with Crippen molar-refractivity contribution >= 4 is 50.7 Å². The smallest absolute Gasteiger partial charge is 0.244 e. The predicted molar refractivity (Wildman–Crippen MR) is 179 cm³/mol. The molecule has 1 atom stereocenters. The van der Waals surface area contributed by atoms with Gasteiger partial charge in [0.1, 0.15) is 24.1 Å². The Labute approximate surface area is 274 Å². The lowest BCUT2D eigenvalue weighted by Gasteiger charge is -2.33. The summed E-state index contributed by atoms with van der Waals surface area (Å²) in [7, 11) is -3.92. The van der Waals surface area contributed by atoms with Gasteiger partial charge in [0, 0.05) is 29.6 Å². The van der Waals surface area contributed by atoms with Gasteiger partial charge in [-0.25, -0.2) is 8.42 Å². The van der Waals surface area contributed by atoms with Gasteiger partial charge in [-0.3, -0.25) is 13.9 Å². The molecule has 0 fully saturated rings. The van der Waals surface area contributed by atoms with Crippen molar-refractivity contribution in [1.29, 1.82) is 0 Å². The van der Waals surface area contributed by atoms with Gasteiger partial charge in [0.15, 0.2) is 0 Å². The molecule has 0 saturated heterocycles. The number of rotatable bonds is 14. The summed E-state index contributed by atoms with van der Waals surface area (Å²) in [6, 6.07) is 28.9. The number of ether oxygens (including phenoxy) is 1. The topological polar surface area (TPSA) is 96.0 Å². The number of carbonyl (C=O) groups is 2. The minimum Gasteiger partial charge on any atom is -0.457 e. The number of carbonyl (C=O) groups excluding carboxylic acids is 2. The van der Waals surface area contributed by atoms with Gasteiger partial charge in [-0.05, 0) is 66.1 Å². The third-order valence-electron chi connectivity index (χ3n) is 6.96. The number of amides is 2. The summed E-state index contributed by atoms with van der Waals surface area (Å²) in [5.41, 5.74) is 1.66. The highest BCUT2D eigenvalue weighted by Crippen LogP contribution is 2.27. The molecule has 0 aliphatic carbocycles. The molecule has 0 saturated carbocycles. The monoisotopic (exact) mass is 667 g/mol. The number of para-hydroxylation sites is 1.